The lowest BCUT2D eigenvalue weighted by Gasteiger charge is -2.03. The van der Waals surface area contributed by atoms with Crippen molar-refractivity contribution in [2.75, 3.05) is 18.9 Å². The highest BCUT2D eigenvalue weighted by Gasteiger charge is 2.04. The number of ether oxygens (including phenoxy) is 1. The Hall–Kier alpha value is -1.73. The summed E-state index contributed by atoms with van der Waals surface area (Å²) < 4.78 is 7.02. The van der Waals surface area contributed by atoms with Crippen LogP contribution in [-0.2, 0) is 11.5 Å². The van der Waals surface area contributed by atoms with Gasteiger partial charge in [0.05, 0.1) is 19.1 Å². The van der Waals surface area contributed by atoms with Crippen molar-refractivity contribution >= 4 is 17.1 Å². The predicted octanol–water partition coefficient (Wildman–Crippen LogP) is -0.659. The summed E-state index contributed by atoms with van der Waals surface area (Å²) in [5.74, 6) is 0.225. The highest BCUT2D eigenvalue weighted by atomic mass is 16.5. The van der Waals surface area contributed by atoms with Crippen LogP contribution in [0.15, 0.2) is 12.5 Å². The first-order valence-electron chi connectivity index (χ1n) is 4.52. The van der Waals surface area contributed by atoms with E-state index in [1.807, 2.05) is 0 Å². The Labute approximate surface area is 86.1 Å². The third-order valence-electron chi connectivity index (χ3n) is 1.87. The number of anilines is 1. The van der Waals surface area contributed by atoms with Crippen LogP contribution in [0, 0.1) is 0 Å². The normalized spacial score (nSPS) is 11.0. The molecule has 0 amide bonds. The van der Waals surface area contributed by atoms with Crippen LogP contribution in [0.25, 0.3) is 11.2 Å². The molecule has 0 spiro atoms. The number of nitrogen functional groups attached to an aromatic ring is 1. The molecular weight excluding hydrogens is 196 g/mol. The molecule has 0 aliphatic rings. The fourth-order valence-electron chi connectivity index (χ4n) is 1.21. The maximum atomic E-state index is 5.48. The molecule has 0 radical (unpaired) electrons. The minimum atomic E-state index is 0.225. The quantitative estimate of drug-likeness (QED) is 0.646. The summed E-state index contributed by atoms with van der Waals surface area (Å²) in [6, 6.07) is 0. The summed E-state index contributed by atoms with van der Waals surface area (Å²) in [7, 11) is 0. The van der Waals surface area contributed by atoms with Crippen LogP contribution in [0.1, 0.15) is 0 Å². The van der Waals surface area contributed by atoms with Crippen LogP contribution in [0.2, 0.25) is 0 Å². The molecule has 2 aromatic rings. The van der Waals surface area contributed by atoms with Crippen LogP contribution in [-0.4, -0.2) is 32.7 Å². The van der Waals surface area contributed by atoms with E-state index in [-0.39, 0.29) is 5.95 Å². The van der Waals surface area contributed by atoms with Crippen LogP contribution < -0.4 is 11.5 Å². The van der Waals surface area contributed by atoms with Gasteiger partial charge >= 0.3 is 0 Å². The van der Waals surface area contributed by atoms with Crippen molar-refractivity contribution in [2.45, 2.75) is 6.73 Å². The van der Waals surface area contributed by atoms with Gasteiger partial charge in [-0.25, -0.2) is 9.97 Å². The van der Waals surface area contributed by atoms with E-state index < -0.39 is 0 Å². The third kappa shape index (κ3) is 2.03. The molecule has 2 heterocycles. The number of nitrogens with zero attached hydrogens (tertiary/aromatic N) is 4. The molecule has 0 bridgehead atoms. The fourth-order valence-corrected chi connectivity index (χ4v) is 1.21. The van der Waals surface area contributed by atoms with E-state index in [0.717, 1.165) is 0 Å². The Kier molecular flexibility index (Phi) is 2.75. The van der Waals surface area contributed by atoms with Crippen molar-refractivity contribution in [3.8, 4) is 0 Å². The SMILES string of the molecule is NCCOCn1cnc2cnc(N)nc21. The van der Waals surface area contributed by atoms with Gasteiger partial charge in [-0.15, -0.1) is 0 Å². The van der Waals surface area contributed by atoms with Crippen molar-refractivity contribution in [3.05, 3.63) is 12.5 Å². The lowest BCUT2D eigenvalue weighted by molar-refractivity contribution is 0.0854. The number of imidazole rings is 1. The van der Waals surface area contributed by atoms with Gasteiger partial charge < -0.3 is 16.2 Å². The maximum Gasteiger partial charge on any atom is 0.222 e. The van der Waals surface area contributed by atoms with E-state index in [9.17, 15) is 0 Å². The van der Waals surface area contributed by atoms with Crippen LogP contribution >= 0.6 is 0 Å². The largest absolute Gasteiger partial charge is 0.368 e. The van der Waals surface area contributed by atoms with Crippen LogP contribution in [0.5, 0.6) is 0 Å². The number of rotatable bonds is 4. The molecule has 2 aromatic heterocycles. The van der Waals surface area contributed by atoms with Crippen LogP contribution in [0.4, 0.5) is 5.95 Å². The van der Waals surface area contributed by atoms with E-state index in [1.54, 1.807) is 17.1 Å². The molecule has 0 saturated carbocycles. The predicted molar refractivity (Wildman–Crippen MR) is 54.7 cm³/mol. The zero-order chi connectivity index (χ0) is 10.7. The standard InChI is InChI=1S/C8H12N6O/c9-1-2-15-5-14-4-12-6-3-11-8(10)13-7(6)14/h3-4H,1-2,5,9H2,(H2,10,11,13). The molecule has 15 heavy (non-hydrogen) atoms. The average Bonchev–Trinajstić information content (AvgIpc) is 2.62. The first-order valence-corrected chi connectivity index (χ1v) is 4.52. The summed E-state index contributed by atoms with van der Waals surface area (Å²) in [6.07, 6.45) is 3.21. The smallest absolute Gasteiger partial charge is 0.222 e. The number of nitrogens with two attached hydrogens (primary N) is 2. The van der Waals surface area contributed by atoms with E-state index in [1.165, 1.54) is 0 Å². The van der Waals surface area contributed by atoms with Gasteiger partial charge in [0.25, 0.3) is 0 Å². The molecule has 7 nitrogen and oxygen atoms in total. The number of hydrogen-bond donors (Lipinski definition) is 2. The molecule has 0 saturated heterocycles. The molecular formula is C8H12N6O. The lowest BCUT2D eigenvalue weighted by Crippen LogP contribution is -2.11. The van der Waals surface area contributed by atoms with Gasteiger partial charge in [0.15, 0.2) is 5.65 Å². The van der Waals surface area contributed by atoms with Crippen molar-refractivity contribution < 1.29 is 4.74 Å². The van der Waals surface area contributed by atoms with Gasteiger partial charge in [0.1, 0.15) is 12.2 Å². The van der Waals surface area contributed by atoms with Crippen molar-refractivity contribution in [1.29, 1.82) is 0 Å². The van der Waals surface area contributed by atoms with E-state index in [2.05, 4.69) is 15.0 Å². The Morgan fingerprint density at radius 3 is 3.07 bits per heavy atom. The minimum Gasteiger partial charge on any atom is -0.368 e. The molecule has 7 heteroatoms. The van der Waals surface area contributed by atoms with Gasteiger partial charge in [0.2, 0.25) is 5.95 Å². The molecule has 0 atom stereocenters. The fraction of sp³-hybridized carbons (Fsp3) is 0.375. The first kappa shape index (κ1) is 9.81. The minimum absolute atomic E-state index is 0.225. The summed E-state index contributed by atoms with van der Waals surface area (Å²) in [4.78, 5) is 12.0. The molecule has 0 unspecified atom stereocenters. The van der Waals surface area contributed by atoms with E-state index >= 15 is 0 Å². The second-order valence-corrected chi connectivity index (χ2v) is 2.98. The van der Waals surface area contributed by atoms with Gasteiger partial charge in [0, 0.05) is 6.54 Å². The molecule has 0 aromatic carbocycles. The molecule has 2 rings (SSSR count). The Morgan fingerprint density at radius 2 is 2.27 bits per heavy atom. The van der Waals surface area contributed by atoms with Crippen molar-refractivity contribution in [1.82, 2.24) is 19.5 Å². The number of hydrogen-bond acceptors (Lipinski definition) is 6. The Bertz CT molecular complexity index is 453. The van der Waals surface area contributed by atoms with Crippen molar-refractivity contribution in [2.24, 2.45) is 5.73 Å². The van der Waals surface area contributed by atoms with E-state index in [4.69, 9.17) is 16.2 Å². The second-order valence-electron chi connectivity index (χ2n) is 2.98. The molecule has 80 valence electrons. The molecule has 0 fully saturated rings. The van der Waals surface area contributed by atoms with Crippen LogP contribution in [0.3, 0.4) is 0 Å². The van der Waals surface area contributed by atoms with Gasteiger partial charge in [-0.2, -0.15) is 4.98 Å². The van der Waals surface area contributed by atoms with Gasteiger partial charge in [-0.05, 0) is 0 Å². The topological polar surface area (TPSA) is 105 Å². The number of fused-ring (bicyclic) bond motifs is 1. The molecule has 0 aliphatic carbocycles. The van der Waals surface area contributed by atoms with E-state index in [0.29, 0.717) is 31.0 Å². The summed E-state index contributed by atoms with van der Waals surface area (Å²) in [5, 5.41) is 0. The lowest BCUT2D eigenvalue weighted by atomic mass is 10.5. The molecule has 4 N–H and O–H groups in total. The zero-order valence-electron chi connectivity index (χ0n) is 8.13. The number of aromatic nitrogens is 4. The summed E-state index contributed by atoms with van der Waals surface area (Å²) in [5.41, 5.74) is 12.2. The average molecular weight is 208 g/mol. The maximum absolute atomic E-state index is 5.48. The highest BCUT2D eigenvalue weighted by molar-refractivity contribution is 5.70. The molecule has 0 aliphatic heterocycles. The monoisotopic (exact) mass is 208 g/mol. The Morgan fingerprint density at radius 1 is 1.40 bits per heavy atom. The summed E-state index contributed by atoms with van der Waals surface area (Å²) in [6.45, 7) is 1.36. The zero-order valence-corrected chi connectivity index (χ0v) is 8.13. The third-order valence-corrected chi connectivity index (χ3v) is 1.87. The highest BCUT2D eigenvalue weighted by Crippen LogP contribution is 2.09. The second kappa shape index (κ2) is 4.20. The van der Waals surface area contributed by atoms with Gasteiger partial charge in [-0.3, -0.25) is 4.57 Å². The van der Waals surface area contributed by atoms with Gasteiger partial charge in [-0.1, -0.05) is 0 Å². The van der Waals surface area contributed by atoms with Crippen molar-refractivity contribution in [3.63, 3.8) is 0 Å². The Balaban J connectivity index is 2.23. The first-order chi connectivity index (χ1) is 7.31. The summed E-state index contributed by atoms with van der Waals surface area (Å²) >= 11 is 0.